The zero-order chi connectivity index (χ0) is 20.0. The second kappa shape index (κ2) is 6.90. The number of benzene rings is 1. The Hall–Kier alpha value is -3.37. The number of pyridine rings is 1. The van der Waals surface area contributed by atoms with Crippen molar-refractivity contribution in [1.29, 1.82) is 5.26 Å². The standard InChI is InChI=1S/C21H17ClN6O/c1-27-12-16(11-25-27)28-18-7-20(17(22)6-15(18)10-26-28)29-19-4-2-3-14-5-13(8-23)9-24-21(14)19/h5-7,9-12,19H,2-4H2,1H3/t19-/m1/s1. The molecule has 1 aliphatic carbocycles. The third-order valence-corrected chi connectivity index (χ3v) is 5.47. The van der Waals surface area contributed by atoms with Crippen LogP contribution in [0.5, 0.6) is 5.75 Å². The van der Waals surface area contributed by atoms with Gasteiger partial charge in [-0.1, -0.05) is 11.6 Å². The number of rotatable bonds is 3. The van der Waals surface area contributed by atoms with E-state index in [0.29, 0.717) is 16.3 Å². The van der Waals surface area contributed by atoms with Crippen LogP contribution in [0.3, 0.4) is 0 Å². The van der Waals surface area contributed by atoms with Gasteiger partial charge in [-0.3, -0.25) is 9.67 Å². The Labute approximate surface area is 172 Å². The molecule has 7 nitrogen and oxygen atoms in total. The van der Waals surface area contributed by atoms with Crippen molar-refractivity contribution in [1.82, 2.24) is 24.5 Å². The summed E-state index contributed by atoms with van der Waals surface area (Å²) in [5.74, 6) is 0.591. The highest BCUT2D eigenvalue weighted by Crippen LogP contribution is 2.37. The van der Waals surface area contributed by atoms with E-state index in [2.05, 4.69) is 21.3 Å². The van der Waals surface area contributed by atoms with Crippen LogP contribution in [-0.4, -0.2) is 24.5 Å². The molecule has 0 spiro atoms. The number of fused-ring (bicyclic) bond motifs is 2. The minimum atomic E-state index is -0.198. The van der Waals surface area contributed by atoms with Crippen LogP contribution < -0.4 is 4.74 Å². The second-order valence-corrected chi connectivity index (χ2v) is 7.56. The van der Waals surface area contributed by atoms with Crippen molar-refractivity contribution in [3.05, 3.63) is 64.8 Å². The summed E-state index contributed by atoms with van der Waals surface area (Å²) in [6.45, 7) is 0. The molecular formula is C21H17ClN6O. The normalized spacial score (nSPS) is 15.8. The summed E-state index contributed by atoms with van der Waals surface area (Å²) in [6.07, 6.45) is 9.56. The minimum Gasteiger partial charge on any atom is -0.482 e. The van der Waals surface area contributed by atoms with Crippen LogP contribution >= 0.6 is 11.6 Å². The molecule has 5 rings (SSSR count). The van der Waals surface area contributed by atoms with Gasteiger partial charge in [-0.2, -0.15) is 15.5 Å². The summed E-state index contributed by atoms with van der Waals surface area (Å²) in [5.41, 5.74) is 4.28. The van der Waals surface area contributed by atoms with E-state index < -0.39 is 0 Å². The van der Waals surface area contributed by atoms with Crippen LogP contribution in [0.2, 0.25) is 5.02 Å². The molecule has 29 heavy (non-hydrogen) atoms. The molecule has 0 N–H and O–H groups in total. The quantitative estimate of drug-likeness (QED) is 0.512. The zero-order valence-corrected chi connectivity index (χ0v) is 16.5. The smallest absolute Gasteiger partial charge is 0.141 e. The van der Waals surface area contributed by atoms with E-state index >= 15 is 0 Å². The largest absolute Gasteiger partial charge is 0.482 e. The molecule has 0 radical (unpaired) electrons. The van der Waals surface area contributed by atoms with E-state index in [9.17, 15) is 0 Å². The topological polar surface area (TPSA) is 81.5 Å². The lowest BCUT2D eigenvalue weighted by Gasteiger charge is -2.25. The van der Waals surface area contributed by atoms with Gasteiger partial charge >= 0.3 is 0 Å². The van der Waals surface area contributed by atoms with Gasteiger partial charge in [-0.25, -0.2) is 4.68 Å². The van der Waals surface area contributed by atoms with Gasteiger partial charge in [-0.15, -0.1) is 0 Å². The molecule has 0 unspecified atom stereocenters. The molecule has 0 bridgehead atoms. The van der Waals surface area contributed by atoms with Crippen molar-refractivity contribution in [3.63, 3.8) is 0 Å². The van der Waals surface area contributed by atoms with Gasteiger partial charge < -0.3 is 4.74 Å². The van der Waals surface area contributed by atoms with E-state index in [4.69, 9.17) is 21.6 Å². The van der Waals surface area contributed by atoms with E-state index in [0.717, 1.165) is 47.1 Å². The van der Waals surface area contributed by atoms with E-state index in [1.165, 1.54) is 0 Å². The Morgan fingerprint density at radius 3 is 2.90 bits per heavy atom. The van der Waals surface area contributed by atoms with Gasteiger partial charge in [-0.05, 0) is 37.0 Å². The molecule has 4 aromatic rings. The fourth-order valence-corrected chi connectivity index (χ4v) is 4.01. The highest BCUT2D eigenvalue weighted by Gasteiger charge is 2.25. The summed E-state index contributed by atoms with van der Waals surface area (Å²) < 4.78 is 9.87. The summed E-state index contributed by atoms with van der Waals surface area (Å²) in [4.78, 5) is 4.50. The lowest BCUT2D eigenvalue weighted by Crippen LogP contribution is -2.17. The maximum Gasteiger partial charge on any atom is 0.141 e. The molecule has 0 aliphatic heterocycles. The molecule has 1 aromatic carbocycles. The number of halogens is 1. The lowest BCUT2D eigenvalue weighted by molar-refractivity contribution is 0.178. The number of nitrogens with zero attached hydrogens (tertiary/aromatic N) is 6. The molecule has 0 fully saturated rings. The van der Waals surface area contributed by atoms with Crippen molar-refractivity contribution in [2.75, 3.05) is 0 Å². The molecule has 0 saturated heterocycles. The SMILES string of the molecule is Cn1cc(-n2ncc3cc(Cl)c(O[C@@H]4CCCc5cc(C#N)cnc54)cc32)cn1. The monoisotopic (exact) mass is 404 g/mol. The summed E-state index contributed by atoms with van der Waals surface area (Å²) in [5, 5.41) is 19.3. The van der Waals surface area contributed by atoms with Crippen LogP contribution in [0.25, 0.3) is 16.6 Å². The third kappa shape index (κ3) is 3.12. The molecule has 1 aliphatic rings. The first-order chi connectivity index (χ1) is 14.1. The number of hydrogen-bond donors (Lipinski definition) is 0. The summed E-state index contributed by atoms with van der Waals surface area (Å²) in [7, 11) is 1.87. The van der Waals surface area contributed by atoms with Gasteiger partial charge in [0.05, 0.1) is 40.4 Å². The summed E-state index contributed by atoms with van der Waals surface area (Å²) in [6, 6.07) is 7.83. The number of ether oxygens (including phenoxy) is 1. The van der Waals surface area contributed by atoms with Crippen LogP contribution in [0.1, 0.15) is 35.8 Å². The van der Waals surface area contributed by atoms with Gasteiger partial charge in [0, 0.05) is 24.7 Å². The predicted molar refractivity (Wildman–Crippen MR) is 108 cm³/mol. The van der Waals surface area contributed by atoms with E-state index in [-0.39, 0.29) is 6.10 Å². The molecule has 1 atom stereocenters. The number of aryl methyl sites for hydroxylation is 2. The summed E-state index contributed by atoms with van der Waals surface area (Å²) >= 11 is 6.51. The van der Waals surface area contributed by atoms with Gasteiger partial charge in [0.25, 0.3) is 0 Å². The van der Waals surface area contributed by atoms with Crippen molar-refractivity contribution < 1.29 is 4.74 Å². The van der Waals surface area contributed by atoms with Crippen LogP contribution in [-0.2, 0) is 13.5 Å². The van der Waals surface area contributed by atoms with Gasteiger partial charge in [0.1, 0.15) is 23.6 Å². The first-order valence-electron chi connectivity index (χ1n) is 9.34. The maximum atomic E-state index is 9.13. The Kier molecular flexibility index (Phi) is 4.22. The second-order valence-electron chi connectivity index (χ2n) is 7.15. The Bertz CT molecular complexity index is 1270. The molecule has 3 aromatic heterocycles. The number of aromatic nitrogens is 5. The average Bonchev–Trinajstić information content (AvgIpc) is 3.33. The van der Waals surface area contributed by atoms with Crippen LogP contribution in [0.15, 0.2) is 43.0 Å². The Morgan fingerprint density at radius 1 is 1.21 bits per heavy atom. The van der Waals surface area contributed by atoms with Crippen molar-refractivity contribution in [3.8, 4) is 17.5 Å². The fourth-order valence-electron chi connectivity index (χ4n) is 3.80. The average molecular weight is 405 g/mol. The number of hydrogen-bond acceptors (Lipinski definition) is 5. The van der Waals surface area contributed by atoms with Gasteiger partial charge in [0.15, 0.2) is 0 Å². The molecule has 0 amide bonds. The van der Waals surface area contributed by atoms with Crippen LogP contribution in [0, 0.1) is 11.3 Å². The van der Waals surface area contributed by atoms with E-state index in [1.807, 2.05) is 36.1 Å². The lowest BCUT2D eigenvalue weighted by atomic mass is 9.93. The van der Waals surface area contributed by atoms with Crippen molar-refractivity contribution in [2.24, 2.45) is 7.05 Å². The Balaban J connectivity index is 1.53. The fraction of sp³-hybridized carbons (Fsp3) is 0.238. The van der Waals surface area contributed by atoms with Gasteiger partial charge in [0.2, 0.25) is 0 Å². The third-order valence-electron chi connectivity index (χ3n) is 5.17. The first-order valence-corrected chi connectivity index (χ1v) is 9.72. The number of nitriles is 1. The maximum absolute atomic E-state index is 9.13. The first kappa shape index (κ1) is 17.7. The molecular weight excluding hydrogens is 388 g/mol. The van der Waals surface area contributed by atoms with Crippen molar-refractivity contribution in [2.45, 2.75) is 25.4 Å². The highest BCUT2D eigenvalue weighted by molar-refractivity contribution is 6.32. The molecule has 0 saturated carbocycles. The highest BCUT2D eigenvalue weighted by atomic mass is 35.5. The Morgan fingerprint density at radius 2 is 2.10 bits per heavy atom. The zero-order valence-electron chi connectivity index (χ0n) is 15.7. The predicted octanol–water partition coefficient (Wildman–Crippen LogP) is 4.14. The van der Waals surface area contributed by atoms with Crippen LogP contribution in [0.4, 0.5) is 0 Å². The van der Waals surface area contributed by atoms with Crippen molar-refractivity contribution >= 4 is 22.5 Å². The molecule has 8 heteroatoms. The molecule has 144 valence electrons. The van der Waals surface area contributed by atoms with E-state index in [1.54, 1.807) is 23.3 Å². The minimum absolute atomic E-state index is 0.198. The molecule has 3 heterocycles.